The number of benzene rings is 3. The molecule has 0 aliphatic rings. The number of carbonyl (C=O) groups is 1. The minimum atomic E-state index is -3.81. The topological polar surface area (TPSA) is 73.5 Å². The summed E-state index contributed by atoms with van der Waals surface area (Å²) in [5.41, 5.74) is 3.19. The van der Waals surface area contributed by atoms with Crippen LogP contribution in [0.25, 0.3) is 10.9 Å². The van der Waals surface area contributed by atoms with Crippen LogP contribution in [0.1, 0.15) is 25.0 Å². The molecule has 7 heteroatoms. The van der Waals surface area contributed by atoms with E-state index in [9.17, 15) is 13.2 Å². The van der Waals surface area contributed by atoms with Gasteiger partial charge in [-0.3, -0.25) is 4.79 Å². The molecule has 0 saturated heterocycles. The van der Waals surface area contributed by atoms with E-state index in [1.54, 1.807) is 49.1 Å². The van der Waals surface area contributed by atoms with Gasteiger partial charge >= 0.3 is 0 Å². The van der Waals surface area contributed by atoms with E-state index in [-0.39, 0.29) is 23.4 Å². The number of sulfonamides is 1. The van der Waals surface area contributed by atoms with Crippen molar-refractivity contribution in [1.82, 2.24) is 14.2 Å². The molecular formula is C28H31N3O3S. The largest absolute Gasteiger partial charge is 0.361 e. The zero-order chi connectivity index (χ0) is 24.8. The zero-order valence-corrected chi connectivity index (χ0v) is 20.9. The van der Waals surface area contributed by atoms with E-state index in [1.807, 2.05) is 54.7 Å². The van der Waals surface area contributed by atoms with Gasteiger partial charge in [-0.05, 0) is 49.6 Å². The molecule has 4 rings (SSSR count). The second kappa shape index (κ2) is 10.9. The Morgan fingerprint density at radius 1 is 0.886 bits per heavy atom. The van der Waals surface area contributed by atoms with Gasteiger partial charge in [0.15, 0.2) is 0 Å². The third-order valence-corrected chi connectivity index (χ3v) is 8.15. The summed E-state index contributed by atoms with van der Waals surface area (Å²) in [6.07, 6.45) is 2.64. The molecule has 0 radical (unpaired) electrons. The monoisotopic (exact) mass is 489 g/mol. The highest BCUT2D eigenvalue weighted by molar-refractivity contribution is 7.89. The molecule has 3 aromatic carbocycles. The van der Waals surface area contributed by atoms with Gasteiger partial charge in [0, 0.05) is 36.2 Å². The molecule has 1 amide bonds. The summed E-state index contributed by atoms with van der Waals surface area (Å²) >= 11 is 0. The normalized spacial score (nSPS) is 11.9. The van der Waals surface area contributed by atoms with Crippen molar-refractivity contribution >= 4 is 26.8 Å². The number of nitrogens with one attached hydrogen (secondary N) is 1. The first-order valence-electron chi connectivity index (χ1n) is 11.8. The minimum Gasteiger partial charge on any atom is -0.361 e. The molecule has 0 aliphatic carbocycles. The molecule has 6 nitrogen and oxygen atoms in total. The van der Waals surface area contributed by atoms with Gasteiger partial charge in [-0.15, -0.1) is 0 Å². The van der Waals surface area contributed by atoms with E-state index >= 15 is 0 Å². The molecule has 0 fully saturated rings. The smallest absolute Gasteiger partial charge is 0.243 e. The summed E-state index contributed by atoms with van der Waals surface area (Å²) < 4.78 is 28.0. The highest BCUT2D eigenvalue weighted by Crippen LogP contribution is 2.21. The Balaban J connectivity index is 1.57. The molecule has 4 aromatic rings. The first-order valence-corrected chi connectivity index (χ1v) is 13.2. The van der Waals surface area contributed by atoms with Gasteiger partial charge < -0.3 is 9.88 Å². The molecule has 1 aromatic heterocycles. The van der Waals surface area contributed by atoms with E-state index in [0.29, 0.717) is 19.5 Å². The molecule has 0 unspecified atom stereocenters. The van der Waals surface area contributed by atoms with Gasteiger partial charge in [-0.25, -0.2) is 8.42 Å². The third-order valence-electron chi connectivity index (χ3n) is 6.11. The maximum Gasteiger partial charge on any atom is 0.243 e. The van der Waals surface area contributed by atoms with Gasteiger partial charge in [0.1, 0.15) is 0 Å². The van der Waals surface area contributed by atoms with Gasteiger partial charge in [0.05, 0.1) is 11.4 Å². The molecule has 0 atom stereocenters. The van der Waals surface area contributed by atoms with Crippen LogP contribution in [0, 0.1) is 0 Å². The van der Waals surface area contributed by atoms with Crippen LogP contribution in [-0.4, -0.2) is 47.6 Å². The SMILES string of the molecule is CC(C)N(CC(=O)N(CCc1c[nH]c2ccccc12)Cc1ccccc1)S(=O)(=O)c1ccccc1. The number of amides is 1. The average Bonchev–Trinajstić information content (AvgIpc) is 3.29. The predicted octanol–water partition coefficient (Wildman–Crippen LogP) is 4.84. The van der Waals surface area contributed by atoms with Gasteiger partial charge in [0.2, 0.25) is 15.9 Å². The number of nitrogens with zero attached hydrogens (tertiary/aromatic N) is 2. The van der Waals surface area contributed by atoms with Crippen LogP contribution in [0.15, 0.2) is 96.0 Å². The van der Waals surface area contributed by atoms with Crippen LogP contribution in [-0.2, 0) is 27.8 Å². The van der Waals surface area contributed by atoms with Gasteiger partial charge in [0.25, 0.3) is 0 Å². The van der Waals surface area contributed by atoms with E-state index in [4.69, 9.17) is 0 Å². The van der Waals surface area contributed by atoms with Gasteiger partial charge in [-0.2, -0.15) is 4.31 Å². The van der Waals surface area contributed by atoms with Crippen molar-refractivity contribution in [3.8, 4) is 0 Å². The quantitative estimate of drug-likeness (QED) is 0.346. The summed E-state index contributed by atoms with van der Waals surface area (Å²) in [6, 6.07) is 25.8. The number of aromatic amines is 1. The maximum absolute atomic E-state index is 13.6. The summed E-state index contributed by atoms with van der Waals surface area (Å²) in [5.74, 6) is -0.220. The van der Waals surface area contributed by atoms with Crippen molar-refractivity contribution in [2.75, 3.05) is 13.1 Å². The number of aromatic nitrogens is 1. The number of fused-ring (bicyclic) bond motifs is 1. The van der Waals surface area contributed by atoms with Crippen molar-refractivity contribution in [3.63, 3.8) is 0 Å². The van der Waals surface area contributed by atoms with Crippen LogP contribution < -0.4 is 0 Å². The van der Waals surface area contributed by atoms with Gasteiger partial charge in [-0.1, -0.05) is 66.7 Å². The third kappa shape index (κ3) is 5.81. The highest BCUT2D eigenvalue weighted by Gasteiger charge is 2.30. The molecule has 35 heavy (non-hydrogen) atoms. The second-order valence-corrected chi connectivity index (χ2v) is 10.8. The van der Waals surface area contributed by atoms with E-state index in [2.05, 4.69) is 11.1 Å². The lowest BCUT2D eigenvalue weighted by Gasteiger charge is -2.29. The standard InChI is InChI=1S/C28H31N3O3S/c1-22(2)31(35(33,34)25-13-7-4-8-14-25)21-28(32)30(20-23-11-5-3-6-12-23)18-17-24-19-29-27-16-10-9-15-26(24)27/h3-16,19,22,29H,17-18,20-21H2,1-2H3. The lowest BCUT2D eigenvalue weighted by Crippen LogP contribution is -2.46. The Labute approximate surface area is 207 Å². The predicted molar refractivity (Wildman–Crippen MR) is 139 cm³/mol. The lowest BCUT2D eigenvalue weighted by atomic mass is 10.1. The molecule has 0 aliphatic heterocycles. The van der Waals surface area contributed by atoms with Crippen LogP contribution in [0.2, 0.25) is 0 Å². The highest BCUT2D eigenvalue weighted by atomic mass is 32.2. The maximum atomic E-state index is 13.6. The molecule has 182 valence electrons. The zero-order valence-electron chi connectivity index (χ0n) is 20.1. The number of hydrogen-bond acceptors (Lipinski definition) is 3. The van der Waals surface area contributed by atoms with E-state index in [0.717, 1.165) is 22.0 Å². The Morgan fingerprint density at radius 2 is 1.51 bits per heavy atom. The fraction of sp³-hybridized carbons (Fsp3) is 0.250. The van der Waals surface area contributed by atoms with Crippen LogP contribution in [0.5, 0.6) is 0 Å². The fourth-order valence-electron chi connectivity index (χ4n) is 4.20. The van der Waals surface area contributed by atoms with Crippen molar-refractivity contribution in [3.05, 3.63) is 102 Å². The fourth-order valence-corrected chi connectivity index (χ4v) is 5.80. The molecular weight excluding hydrogens is 458 g/mol. The number of H-pyrrole nitrogens is 1. The molecule has 1 N–H and O–H groups in total. The summed E-state index contributed by atoms with van der Waals surface area (Å²) in [6.45, 7) is 4.27. The number of hydrogen-bond donors (Lipinski definition) is 1. The van der Waals surface area contributed by atoms with Crippen molar-refractivity contribution in [1.29, 1.82) is 0 Å². The molecule has 0 saturated carbocycles. The number of rotatable bonds is 10. The first-order chi connectivity index (χ1) is 16.9. The second-order valence-electron chi connectivity index (χ2n) is 8.87. The minimum absolute atomic E-state index is 0.190. The van der Waals surface area contributed by atoms with E-state index < -0.39 is 10.0 Å². The summed E-state index contributed by atoms with van der Waals surface area (Å²) in [7, 11) is -3.81. The lowest BCUT2D eigenvalue weighted by molar-refractivity contribution is -0.132. The van der Waals surface area contributed by atoms with Crippen molar-refractivity contribution in [2.24, 2.45) is 0 Å². The molecule has 0 bridgehead atoms. The Bertz CT molecular complexity index is 1370. The first kappa shape index (κ1) is 24.7. The number of para-hydroxylation sites is 1. The summed E-state index contributed by atoms with van der Waals surface area (Å²) in [5, 5.41) is 1.13. The number of carbonyl (C=O) groups excluding carboxylic acids is 1. The van der Waals surface area contributed by atoms with Crippen LogP contribution in [0.3, 0.4) is 0 Å². The Hall–Kier alpha value is -3.42. The van der Waals surface area contributed by atoms with E-state index in [1.165, 1.54) is 4.31 Å². The molecule has 1 heterocycles. The van der Waals surface area contributed by atoms with Crippen LogP contribution in [0.4, 0.5) is 0 Å². The molecule has 0 spiro atoms. The van der Waals surface area contributed by atoms with Crippen molar-refractivity contribution < 1.29 is 13.2 Å². The summed E-state index contributed by atoms with van der Waals surface area (Å²) in [4.78, 5) is 18.8. The van der Waals surface area contributed by atoms with Crippen LogP contribution >= 0.6 is 0 Å². The Morgan fingerprint density at radius 3 is 2.20 bits per heavy atom. The van der Waals surface area contributed by atoms with Crippen molar-refractivity contribution in [2.45, 2.75) is 37.8 Å². The average molecular weight is 490 g/mol. The Kier molecular flexibility index (Phi) is 7.68.